The summed E-state index contributed by atoms with van der Waals surface area (Å²) in [4.78, 5) is 31.6. The fourth-order valence-electron chi connectivity index (χ4n) is 4.15. The van der Waals surface area contributed by atoms with E-state index in [4.69, 9.17) is 4.42 Å². The topological polar surface area (TPSA) is 69.0 Å². The number of amides is 2. The molecule has 0 spiro atoms. The van der Waals surface area contributed by atoms with E-state index in [9.17, 15) is 9.59 Å². The molecule has 2 saturated heterocycles. The van der Waals surface area contributed by atoms with Gasteiger partial charge in [-0.2, -0.15) is 0 Å². The van der Waals surface area contributed by atoms with Gasteiger partial charge in [-0.3, -0.25) is 19.4 Å². The number of nitrogens with one attached hydrogen (secondary N) is 1. The SMILES string of the molecule is O=C(CN1CCN([C@@H]2CCCN(c3ccccc3)C2=O)CC1)NCc1ccco1. The van der Waals surface area contributed by atoms with Gasteiger partial charge in [0.25, 0.3) is 0 Å². The molecule has 7 heteroatoms. The normalized spacial score (nSPS) is 21.3. The molecule has 2 aliphatic heterocycles. The summed E-state index contributed by atoms with van der Waals surface area (Å²) in [5.41, 5.74) is 0.981. The minimum absolute atomic E-state index is 0.00107. The van der Waals surface area contributed by atoms with E-state index in [2.05, 4.69) is 15.1 Å². The van der Waals surface area contributed by atoms with Gasteiger partial charge in [-0.15, -0.1) is 0 Å². The zero-order valence-electron chi connectivity index (χ0n) is 16.6. The van der Waals surface area contributed by atoms with Crippen molar-refractivity contribution in [1.82, 2.24) is 15.1 Å². The maximum absolute atomic E-state index is 13.1. The third-order valence-electron chi connectivity index (χ3n) is 5.73. The van der Waals surface area contributed by atoms with Gasteiger partial charge in [0.1, 0.15) is 5.76 Å². The van der Waals surface area contributed by atoms with Crippen molar-refractivity contribution in [1.29, 1.82) is 0 Å². The lowest BCUT2D eigenvalue weighted by molar-refractivity contribution is -0.127. The third-order valence-corrected chi connectivity index (χ3v) is 5.73. The maximum atomic E-state index is 13.1. The Hall–Kier alpha value is -2.64. The van der Waals surface area contributed by atoms with E-state index in [0.717, 1.165) is 57.0 Å². The van der Waals surface area contributed by atoms with Gasteiger partial charge < -0.3 is 14.6 Å². The molecule has 1 atom stereocenters. The van der Waals surface area contributed by atoms with Gasteiger partial charge in [0.15, 0.2) is 0 Å². The van der Waals surface area contributed by atoms with Crippen LogP contribution in [-0.4, -0.2) is 66.9 Å². The summed E-state index contributed by atoms with van der Waals surface area (Å²) in [6.45, 7) is 4.79. The van der Waals surface area contributed by atoms with Crippen LogP contribution < -0.4 is 10.2 Å². The highest BCUT2D eigenvalue weighted by Gasteiger charge is 2.35. The van der Waals surface area contributed by atoms with Crippen LogP contribution in [0.25, 0.3) is 0 Å². The molecule has 0 aliphatic carbocycles. The fourth-order valence-corrected chi connectivity index (χ4v) is 4.15. The predicted molar refractivity (Wildman–Crippen MR) is 110 cm³/mol. The Morgan fingerprint density at radius 3 is 2.55 bits per heavy atom. The van der Waals surface area contributed by atoms with Crippen LogP contribution in [0.1, 0.15) is 18.6 Å². The number of carbonyl (C=O) groups excluding carboxylic acids is 2. The Kier molecular flexibility index (Phi) is 6.27. The minimum Gasteiger partial charge on any atom is -0.467 e. The van der Waals surface area contributed by atoms with E-state index in [0.29, 0.717) is 13.1 Å². The van der Waals surface area contributed by atoms with Crippen LogP contribution in [0.3, 0.4) is 0 Å². The number of furan rings is 1. The first-order valence-electron chi connectivity index (χ1n) is 10.3. The number of nitrogens with zero attached hydrogens (tertiary/aromatic N) is 3. The molecule has 0 bridgehead atoms. The van der Waals surface area contributed by atoms with Gasteiger partial charge in [0, 0.05) is 38.4 Å². The molecule has 2 amide bonds. The van der Waals surface area contributed by atoms with Crippen molar-refractivity contribution < 1.29 is 14.0 Å². The number of hydrogen-bond donors (Lipinski definition) is 1. The van der Waals surface area contributed by atoms with E-state index >= 15 is 0 Å². The third kappa shape index (κ3) is 4.86. The highest BCUT2D eigenvalue weighted by atomic mass is 16.3. The molecule has 1 aromatic carbocycles. The Morgan fingerprint density at radius 1 is 1.03 bits per heavy atom. The van der Waals surface area contributed by atoms with E-state index in [1.54, 1.807) is 6.26 Å². The van der Waals surface area contributed by atoms with Gasteiger partial charge in [0.2, 0.25) is 11.8 Å². The average Bonchev–Trinajstić information content (AvgIpc) is 3.28. The van der Waals surface area contributed by atoms with Crippen molar-refractivity contribution in [2.24, 2.45) is 0 Å². The van der Waals surface area contributed by atoms with Crippen LogP contribution in [0.4, 0.5) is 5.69 Å². The van der Waals surface area contributed by atoms with Gasteiger partial charge in [-0.1, -0.05) is 18.2 Å². The van der Waals surface area contributed by atoms with Crippen molar-refractivity contribution in [3.05, 3.63) is 54.5 Å². The van der Waals surface area contributed by atoms with Gasteiger partial charge in [-0.25, -0.2) is 0 Å². The number of piperazine rings is 1. The zero-order chi connectivity index (χ0) is 20.1. The number of rotatable bonds is 6. The summed E-state index contributed by atoms with van der Waals surface area (Å²) in [6.07, 6.45) is 3.53. The second-order valence-electron chi connectivity index (χ2n) is 7.65. The molecular formula is C22H28N4O3. The Morgan fingerprint density at radius 2 is 1.83 bits per heavy atom. The maximum Gasteiger partial charge on any atom is 0.244 e. The van der Waals surface area contributed by atoms with Gasteiger partial charge >= 0.3 is 0 Å². The monoisotopic (exact) mass is 396 g/mol. The van der Waals surface area contributed by atoms with Crippen molar-refractivity contribution in [3.63, 3.8) is 0 Å². The highest BCUT2D eigenvalue weighted by molar-refractivity contribution is 5.97. The van der Waals surface area contributed by atoms with Crippen LogP contribution >= 0.6 is 0 Å². The first-order chi connectivity index (χ1) is 14.2. The number of carbonyl (C=O) groups is 2. The lowest BCUT2D eigenvalue weighted by atomic mass is 10.0. The van der Waals surface area contributed by atoms with E-state index in [-0.39, 0.29) is 17.9 Å². The molecular weight excluding hydrogens is 368 g/mol. The fraction of sp³-hybridized carbons (Fsp3) is 0.455. The minimum atomic E-state index is -0.0566. The smallest absolute Gasteiger partial charge is 0.244 e. The molecule has 1 aromatic heterocycles. The van der Waals surface area contributed by atoms with Gasteiger partial charge in [0.05, 0.1) is 25.4 Å². The first-order valence-corrected chi connectivity index (χ1v) is 10.3. The molecule has 0 unspecified atom stereocenters. The molecule has 2 aromatic rings. The lowest BCUT2D eigenvalue weighted by Gasteiger charge is -2.42. The van der Waals surface area contributed by atoms with Crippen molar-refractivity contribution >= 4 is 17.5 Å². The molecule has 0 saturated carbocycles. The van der Waals surface area contributed by atoms with Crippen LogP contribution in [0.2, 0.25) is 0 Å². The second kappa shape index (κ2) is 9.24. The van der Waals surface area contributed by atoms with Crippen LogP contribution in [0.15, 0.2) is 53.1 Å². The standard InChI is InChI=1S/C22H28N4O3/c27-21(23-16-19-8-5-15-29-19)17-24-11-13-25(14-12-24)20-9-4-10-26(22(20)28)18-6-2-1-3-7-18/h1-3,5-8,15,20H,4,9-14,16-17H2,(H,23,27)/t20-/m1/s1. The van der Waals surface area contributed by atoms with E-state index in [1.807, 2.05) is 47.4 Å². The summed E-state index contributed by atoms with van der Waals surface area (Å²) in [5, 5.41) is 2.89. The van der Waals surface area contributed by atoms with E-state index in [1.165, 1.54) is 0 Å². The Bertz CT molecular complexity index is 801. The summed E-state index contributed by atoms with van der Waals surface area (Å²) in [6, 6.07) is 13.5. The summed E-state index contributed by atoms with van der Waals surface area (Å²) in [7, 11) is 0. The predicted octanol–water partition coefficient (Wildman–Crippen LogP) is 1.71. The average molecular weight is 396 g/mol. The van der Waals surface area contributed by atoms with E-state index < -0.39 is 0 Å². The van der Waals surface area contributed by atoms with Crippen LogP contribution in [0.5, 0.6) is 0 Å². The number of para-hydroxylation sites is 1. The lowest BCUT2D eigenvalue weighted by Crippen LogP contribution is -2.58. The number of piperidine rings is 1. The Balaban J connectivity index is 1.25. The van der Waals surface area contributed by atoms with Crippen LogP contribution in [0, 0.1) is 0 Å². The number of anilines is 1. The highest BCUT2D eigenvalue weighted by Crippen LogP contribution is 2.24. The van der Waals surface area contributed by atoms with Crippen molar-refractivity contribution in [3.8, 4) is 0 Å². The largest absolute Gasteiger partial charge is 0.467 e. The molecule has 154 valence electrons. The summed E-state index contributed by atoms with van der Waals surface area (Å²) in [5.74, 6) is 0.952. The molecule has 4 rings (SSSR count). The quantitative estimate of drug-likeness (QED) is 0.805. The summed E-state index contributed by atoms with van der Waals surface area (Å²) >= 11 is 0. The first kappa shape index (κ1) is 19.7. The molecule has 1 N–H and O–H groups in total. The number of hydrogen-bond acceptors (Lipinski definition) is 5. The molecule has 2 aliphatic rings. The molecule has 29 heavy (non-hydrogen) atoms. The van der Waals surface area contributed by atoms with Crippen LogP contribution in [-0.2, 0) is 16.1 Å². The van der Waals surface area contributed by atoms with Crippen molar-refractivity contribution in [2.75, 3.05) is 44.2 Å². The number of benzene rings is 1. The Labute approximate surface area is 171 Å². The molecule has 3 heterocycles. The molecule has 0 radical (unpaired) electrons. The summed E-state index contributed by atoms with van der Waals surface area (Å²) < 4.78 is 5.23. The molecule has 7 nitrogen and oxygen atoms in total. The second-order valence-corrected chi connectivity index (χ2v) is 7.65. The van der Waals surface area contributed by atoms with Gasteiger partial charge in [-0.05, 0) is 37.1 Å². The zero-order valence-corrected chi connectivity index (χ0v) is 16.6. The molecule has 2 fully saturated rings. The van der Waals surface area contributed by atoms with Crippen molar-refractivity contribution in [2.45, 2.75) is 25.4 Å².